The highest BCUT2D eigenvalue weighted by Crippen LogP contribution is 2.21. The summed E-state index contributed by atoms with van der Waals surface area (Å²) in [5.41, 5.74) is 0.190. The summed E-state index contributed by atoms with van der Waals surface area (Å²) < 4.78 is 11.0. The molecule has 0 aliphatic rings. The third kappa shape index (κ3) is 4.91. The fourth-order valence-corrected chi connectivity index (χ4v) is 1.56. The SMILES string of the molecule is COc1nc(CNC(=O)OC(C)(C)C)ccc1Br. The number of amides is 1. The van der Waals surface area contributed by atoms with Crippen LogP contribution in [0.15, 0.2) is 16.6 Å². The van der Waals surface area contributed by atoms with Crippen LogP contribution < -0.4 is 10.1 Å². The highest BCUT2D eigenvalue weighted by Gasteiger charge is 2.15. The molecule has 0 fully saturated rings. The molecular weight excluding hydrogens is 300 g/mol. The first-order valence-corrected chi connectivity index (χ1v) is 6.27. The minimum Gasteiger partial charge on any atom is -0.480 e. The van der Waals surface area contributed by atoms with Gasteiger partial charge in [-0.15, -0.1) is 0 Å². The minimum absolute atomic E-state index is 0.290. The van der Waals surface area contributed by atoms with Crippen molar-refractivity contribution in [2.45, 2.75) is 32.9 Å². The van der Waals surface area contributed by atoms with E-state index < -0.39 is 11.7 Å². The van der Waals surface area contributed by atoms with Crippen LogP contribution in [0, 0.1) is 0 Å². The molecule has 0 bridgehead atoms. The maximum Gasteiger partial charge on any atom is 0.407 e. The van der Waals surface area contributed by atoms with E-state index in [0.717, 1.165) is 4.47 Å². The number of methoxy groups -OCH3 is 1. The number of pyridine rings is 1. The predicted octanol–water partition coefficient (Wildman–Crippen LogP) is 2.88. The zero-order valence-corrected chi connectivity index (χ0v) is 12.5. The molecular formula is C12H17BrN2O3. The summed E-state index contributed by atoms with van der Waals surface area (Å²) in [6.07, 6.45) is -0.466. The number of carbonyl (C=O) groups is 1. The minimum atomic E-state index is -0.505. The van der Waals surface area contributed by atoms with Crippen LogP contribution in [0.4, 0.5) is 4.79 Å². The van der Waals surface area contributed by atoms with Crippen molar-refractivity contribution >= 4 is 22.0 Å². The number of alkyl carbamates (subject to hydrolysis) is 1. The van der Waals surface area contributed by atoms with E-state index >= 15 is 0 Å². The van der Waals surface area contributed by atoms with Crippen molar-refractivity contribution in [1.29, 1.82) is 0 Å². The summed E-state index contributed by atoms with van der Waals surface area (Å²) >= 11 is 3.31. The number of nitrogens with zero attached hydrogens (tertiary/aromatic N) is 1. The van der Waals surface area contributed by atoms with E-state index in [1.54, 1.807) is 6.07 Å². The molecule has 1 aromatic rings. The Labute approximate surface area is 115 Å². The van der Waals surface area contributed by atoms with Crippen molar-refractivity contribution in [3.05, 3.63) is 22.3 Å². The van der Waals surface area contributed by atoms with Gasteiger partial charge in [-0.1, -0.05) is 0 Å². The Morgan fingerprint density at radius 2 is 2.11 bits per heavy atom. The summed E-state index contributed by atoms with van der Waals surface area (Å²) in [4.78, 5) is 15.7. The second-order valence-electron chi connectivity index (χ2n) is 4.65. The maximum absolute atomic E-state index is 11.5. The quantitative estimate of drug-likeness (QED) is 0.931. The van der Waals surface area contributed by atoms with Crippen molar-refractivity contribution in [2.24, 2.45) is 0 Å². The normalized spacial score (nSPS) is 10.9. The summed E-state index contributed by atoms with van der Waals surface area (Å²) in [5, 5.41) is 2.63. The number of nitrogens with one attached hydrogen (secondary N) is 1. The first-order chi connectivity index (χ1) is 8.31. The predicted molar refractivity (Wildman–Crippen MR) is 71.6 cm³/mol. The molecule has 0 saturated carbocycles. The molecule has 1 heterocycles. The molecule has 0 aliphatic carbocycles. The van der Waals surface area contributed by atoms with Crippen LogP contribution in [-0.2, 0) is 11.3 Å². The molecule has 0 spiro atoms. The van der Waals surface area contributed by atoms with Gasteiger partial charge in [0.15, 0.2) is 0 Å². The van der Waals surface area contributed by atoms with Gasteiger partial charge in [-0.05, 0) is 48.8 Å². The molecule has 0 saturated heterocycles. The molecule has 1 aromatic heterocycles. The molecule has 100 valence electrons. The molecule has 0 aliphatic heterocycles. The largest absolute Gasteiger partial charge is 0.480 e. The third-order valence-corrected chi connectivity index (χ3v) is 2.48. The molecule has 0 atom stereocenters. The summed E-state index contributed by atoms with van der Waals surface area (Å²) in [7, 11) is 1.54. The average molecular weight is 317 g/mol. The smallest absolute Gasteiger partial charge is 0.407 e. The van der Waals surface area contributed by atoms with Crippen LogP contribution in [0.5, 0.6) is 5.88 Å². The fourth-order valence-electron chi connectivity index (χ4n) is 1.18. The van der Waals surface area contributed by atoms with Gasteiger partial charge in [0.1, 0.15) is 5.60 Å². The van der Waals surface area contributed by atoms with Gasteiger partial charge in [-0.2, -0.15) is 0 Å². The van der Waals surface area contributed by atoms with Crippen molar-refractivity contribution in [1.82, 2.24) is 10.3 Å². The molecule has 6 heteroatoms. The molecule has 5 nitrogen and oxygen atoms in total. The van der Waals surface area contributed by atoms with Gasteiger partial charge < -0.3 is 14.8 Å². The van der Waals surface area contributed by atoms with E-state index in [-0.39, 0.29) is 0 Å². The monoisotopic (exact) mass is 316 g/mol. The highest BCUT2D eigenvalue weighted by molar-refractivity contribution is 9.10. The standard InChI is InChI=1S/C12H17BrN2O3/c1-12(2,3)18-11(16)14-7-8-5-6-9(13)10(15-8)17-4/h5-6H,7H2,1-4H3,(H,14,16). The lowest BCUT2D eigenvalue weighted by atomic mass is 10.2. The molecule has 1 N–H and O–H groups in total. The van der Waals surface area contributed by atoms with Gasteiger partial charge in [-0.25, -0.2) is 9.78 Å². The number of ether oxygens (including phenoxy) is 2. The van der Waals surface area contributed by atoms with E-state index in [0.29, 0.717) is 18.1 Å². The average Bonchev–Trinajstić information content (AvgIpc) is 2.25. The van der Waals surface area contributed by atoms with Gasteiger partial charge in [0, 0.05) is 0 Å². The lowest BCUT2D eigenvalue weighted by molar-refractivity contribution is 0.0523. The van der Waals surface area contributed by atoms with Gasteiger partial charge >= 0.3 is 6.09 Å². The summed E-state index contributed by atoms with van der Waals surface area (Å²) in [6, 6.07) is 3.61. The molecule has 1 rings (SSSR count). The third-order valence-electron chi connectivity index (χ3n) is 1.88. The Bertz CT molecular complexity index is 430. The Morgan fingerprint density at radius 1 is 1.44 bits per heavy atom. The zero-order chi connectivity index (χ0) is 13.8. The van der Waals surface area contributed by atoms with Crippen LogP contribution >= 0.6 is 15.9 Å². The summed E-state index contributed by atoms with van der Waals surface area (Å²) in [5.74, 6) is 0.485. The Hall–Kier alpha value is -1.30. The van der Waals surface area contributed by atoms with Crippen LogP contribution in [0.25, 0.3) is 0 Å². The summed E-state index contributed by atoms with van der Waals surface area (Å²) in [6.45, 7) is 5.73. The van der Waals surface area contributed by atoms with E-state index in [1.165, 1.54) is 7.11 Å². The second-order valence-corrected chi connectivity index (χ2v) is 5.50. The van der Waals surface area contributed by atoms with Gasteiger partial charge in [0.2, 0.25) is 5.88 Å². The molecule has 1 amide bonds. The molecule has 18 heavy (non-hydrogen) atoms. The number of rotatable bonds is 3. The molecule has 0 unspecified atom stereocenters. The van der Waals surface area contributed by atoms with Crippen molar-refractivity contribution < 1.29 is 14.3 Å². The highest BCUT2D eigenvalue weighted by atomic mass is 79.9. The van der Waals surface area contributed by atoms with Crippen molar-refractivity contribution in [2.75, 3.05) is 7.11 Å². The van der Waals surface area contributed by atoms with Crippen LogP contribution in [0.2, 0.25) is 0 Å². The van der Waals surface area contributed by atoms with E-state index in [2.05, 4.69) is 26.2 Å². The molecule has 0 radical (unpaired) electrons. The Morgan fingerprint density at radius 3 is 2.67 bits per heavy atom. The first-order valence-electron chi connectivity index (χ1n) is 5.48. The van der Waals surface area contributed by atoms with Gasteiger partial charge in [0.05, 0.1) is 23.8 Å². The number of hydrogen-bond acceptors (Lipinski definition) is 4. The second kappa shape index (κ2) is 6.04. The number of aromatic nitrogens is 1. The number of carbonyl (C=O) groups excluding carboxylic acids is 1. The van der Waals surface area contributed by atoms with E-state index in [9.17, 15) is 4.79 Å². The zero-order valence-electron chi connectivity index (χ0n) is 10.9. The van der Waals surface area contributed by atoms with E-state index in [4.69, 9.17) is 9.47 Å². The van der Waals surface area contributed by atoms with Gasteiger partial charge in [-0.3, -0.25) is 0 Å². The Kier molecular flexibility index (Phi) is 4.95. The van der Waals surface area contributed by atoms with Crippen LogP contribution in [0.3, 0.4) is 0 Å². The maximum atomic E-state index is 11.5. The van der Waals surface area contributed by atoms with Crippen molar-refractivity contribution in [3.8, 4) is 5.88 Å². The van der Waals surface area contributed by atoms with Crippen molar-refractivity contribution in [3.63, 3.8) is 0 Å². The number of hydrogen-bond donors (Lipinski definition) is 1. The van der Waals surface area contributed by atoms with E-state index in [1.807, 2.05) is 26.8 Å². The van der Waals surface area contributed by atoms with Crippen LogP contribution in [-0.4, -0.2) is 23.8 Å². The topological polar surface area (TPSA) is 60.5 Å². The van der Waals surface area contributed by atoms with Crippen LogP contribution in [0.1, 0.15) is 26.5 Å². The molecule has 0 aromatic carbocycles. The lowest BCUT2D eigenvalue weighted by Gasteiger charge is -2.19. The first kappa shape index (κ1) is 14.8. The van der Waals surface area contributed by atoms with Gasteiger partial charge in [0.25, 0.3) is 0 Å². The fraction of sp³-hybridized carbons (Fsp3) is 0.500. The lowest BCUT2D eigenvalue weighted by Crippen LogP contribution is -2.32. The number of halogens is 1. The Balaban J connectivity index is 2.56.